The third kappa shape index (κ3) is 3.34. The maximum absolute atomic E-state index is 12.5. The lowest BCUT2D eigenvalue weighted by atomic mass is 9.86. The maximum atomic E-state index is 12.5. The Labute approximate surface area is 118 Å². The molecule has 0 aliphatic carbocycles. The number of alkyl carbamates (subject to hydrolysis) is 1. The van der Waals surface area contributed by atoms with Crippen LogP contribution in [0.5, 0.6) is 0 Å². The minimum atomic E-state index is -0.810. The number of nitrogens with one attached hydrogen (secondary N) is 1. The molecular weight excluding hydrogens is 266 g/mol. The minimum absolute atomic E-state index is 0.0725. The molecule has 2 atom stereocenters. The predicted molar refractivity (Wildman–Crippen MR) is 75.7 cm³/mol. The summed E-state index contributed by atoms with van der Waals surface area (Å²) >= 11 is 5.00. The van der Waals surface area contributed by atoms with Crippen molar-refractivity contribution in [1.82, 2.24) is 10.2 Å². The lowest BCUT2D eigenvalue weighted by Crippen LogP contribution is -2.48. The molecule has 2 unspecified atom stereocenters. The van der Waals surface area contributed by atoms with Gasteiger partial charge in [0.05, 0.1) is 23.6 Å². The van der Waals surface area contributed by atoms with Crippen molar-refractivity contribution in [3.63, 3.8) is 0 Å². The fraction of sp³-hybridized carbons (Fsp3) is 0.750. The van der Waals surface area contributed by atoms with Crippen molar-refractivity contribution in [2.45, 2.75) is 32.7 Å². The SMILES string of the molecule is CCC(C)(C(=O)N1CCC(NC(=O)OC)C1)C(N)=S. The van der Waals surface area contributed by atoms with Gasteiger partial charge >= 0.3 is 6.09 Å². The third-order valence-electron chi connectivity index (χ3n) is 3.71. The van der Waals surface area contributed by atoms with Crippen LogP contribution < -0.4 is 11.1 Å². The van der Waals surface area contributed by atoms with E-state index >= 15 is 0 Å². The Morgan fingerprint density at radius 1 is 1.58 bits per heavy atom. The first-order valence-electron chi connectivity index (χ1n) is 6.29. The van der Waals surface area contributed by atoms with Gasteiger partial charge in [-0.2, -0.15) is 0 Å². The number of hydrogen-bond donors (Lipinski definition) is 2. The van der Waals surface area contributed by atoms with Gasteiger partial charge in [0.1, 0.15) is 0 Å². The molecule has 0 saturated carbocycles. The molecule has 1 rings (SSSR count). The molecule has 108 valence electrons. The van der Waals surface area contributed by atoms with E-state index in [-0.39, 0.29) is 16.9 Å². The van der Waals surface area contributed by atoms with E-state index in [4.69, 9.17) is 18.0 Å². The van der Waals surface area contributed by atoms with Crippen LogP contribution in [-0.2, 0) is 9.53 Å². The Morgan fingerprint density at radius 2 is 2.21 bits per heavy atom. The number of carbonyl (C=O) groups excluding carboxylic acids is 2. The molecule has 7 heteroatoms. The summed E-state index contributed by atoms with van der Waals surface area (Å²) in [6, 6.07) is -0.0798. The van der Waals surface area contributed by atoms with Gasteiger partial charge in [-0.15, -0.1) is 0 Å². The molecule has 1 heterocycles. The summed E-state index contributed by atoms with van der Waals surface area (Å²) in [6.45, 7) is 4.70. The molecule has 6 nitrogen and oxygen atoms in total. The number of nitrogens with two attached hydrogens (primary N) is 1. The van der Waals surface area contributed by atoms with Crippen LogP contribution in [0.25, 0.3) is 0 Å². The highest BCUT2D eigenvalue weighted by molar-refractivity contribution is 7.80. The fourth-order valence-electron chi connectivity index (χ4n) is 2.07. The number of methoxy groups -OCH3 is 1. The van der Waals surface area contributed by atoms with Gasteiger partial charge in [-0.1, -0.05) is 19.1 Å². The van der Waals surface area contributed by atoms with Crippen LogP contribution in [-0.4, -0.2) is 48.1 Å². The molecule has 0 aromatic carbocycles. The van der Waals surface area contributed by atoms with Gasteiger partial charge in [0.15, 0.2) is 0 Å². The van der Waals surface area contributed by atoms with Gasteiger partial charge in [0.2, 0.25) is 5.91 Å². The molecule has 0 aromatic heterocycles. The van der Waals surface area contributed by atoms with Crippen molar-refractivity contribution in [2.24, 2.45) is 11.1 Å². The van der Waals surface area contributed by atoms with Crippen LogP contribution >= 0.6 is 12.2 Å². The Hall–Kier alpha value is -1.37. The molecule has 1 aliphatic heterocycles. The van der Waals surface area contributed by atoms with E-state index in [1.807, 2.05) is 6.92 Å². The van der Waals surface area contributed by atoms with Crippen LogP contribution in [0.3, 0.4) is 0 Å². The van der Waals surface area contributed by atoms with Gasteiger partial charge in [-0.25, -0.2) is 4.79 Å². The Morgan fingerprint density at radius 3 is 2.68 bits per heavy atom. The van der Waals surface area contributed by atoms with E-state index < -0.39 is 11.5 Å². The van der Waals surface area contributed by atoms with Crippen LogP contribution in [0.2, 0.25) is 0 Å². The van der Waals surface area contributed by atoms with Crippen LogP contribution in [0, 0.1) is 5.41 Å². The number of ether oxygens (including phenoxy) is 1. The van der Waals surface area contributed by atoms with E-state index in [2.05, 4.69) is 10.1 Å². The molecule has 0 spiro atoms. The molecule has 3 N–H and O–H groups in total. The molecule has 0 aromatic rings. The second-order valence-corrected chi connectivity index (χ2v) is 5.36. The number of amides is 2. The van der Waals surface area contributed by atoms with E-state index in [1.165, 1.54) is 7.11 Å². The van der Waals surface area contributed by atoms with Gasteiger partial charge in [-0.05, 0) is 19.8 Å². The van der Waals surface area contributed by atoms with Crippen molar-refractivity contribution in [3.8, 4) is 0 Å². The molecule has 1 fully saturated rings. The molecule has 0 bridgehead atoms. The van der Waals surface area contributed by atoms with Crippen LogP contribution in [0.1, 0.15) is 26.7 Å². The quantitative estimate of drug-likeness (QED) is 0.741. The Kier molecular flexibility index (Phi) is 5.11. The summed E-state index contributed by atoms with van der Waals surface area (Å²) in [5.41, 5.74) is 4.87. The summed E-state index contributed by atoms with van der Waals surface area (Å²) in [5.74, 6) is -0.0725. The molecular formula is C12H21N3O3S. The van der Waals surface area contributed by atoms with Gasteiger partial charge in [0, 0.05) is 13.1 Å². The van der Waals surface area contributed by atoms with E-state index in [0.717, 1.165) is 0 Å². The third-order valence-corrected chi connectivity index (χ3v) is 4.16. The summed E-state index contributed by atoms with van der Waals surface area (Å²) in [7, 11) is 1.31. The van der Waals surface area contributed by atoms with Gasteiger partial charge in [-0.3, -0.25) is 4.79 Å². The zero-order chi connectivity index (χ0) is 14.6. The van der Waals surface area contributed by atoms with Crippen molar-refractivity contribution in [1.29, 1.82) is 0 Å². The van der Waals surface area contributed by atoms with Crippen molar-refractivity contribution >= 4 is 29.2 Å². The second-order valence-electron chi connectivity index (χ2n) is 4.92. The van der Waals surface area contributed by atoms with Crippen LogP contribution in [0.4, 0.5) is 4.79 Å². The number of likely N-dealkylation sites (tertiary alicyclic amines) is 1. The number of carbonyl (C=O) groups is 2. The minimum Gasteiger partial charge on any atom is -0.453 e. The first-order chi connectivity index (χ1) is 8.85. The summed E-state index contributed by atoms with van der Waals surface area (Å²) < 4.78 is 4.54. The van der Waals surface area contributed by atoms with Crippen molar-refractivity contribution in [3.05, 3.63) is 0 Å². The highest BCUT2D eigenvalue weighted by atomic mass is 32.1. The molecule has 1 aliphatic rings. The van der Waals surface area contributed by atoms with Gasteiger partial charge in [0.25, 0.3) is 0 Å². The predicted octanol–water partition coefficient (Wildman–Crippen LogP) is 0.646. The number of thiocarbonyl (C=S) groups is 1. The Bertz CT molecular complexity index is 388. The van der Waals surface area contributed by atoms with E-state index in [9.17, 15) is 9.59 Å². The van der Waals surface area contributed by atoms with Crippen molar-refractivity contribution in [2.75, 3.05) is 20.2 Å². The van der Waals surface area contributed by atoms with Gasteiger partial charge < -0.3 is 20.7 Å². The monoisotopic (exact) mass is 287 g/mol. The zero-order valence-corrected chi connectivity index (χ0v) is 12.4. The number of hydrogen-bond acceptors (Lipinski definition) is 4. The summed E-state index contributed by atoms with van der Waals surface area (Å²) in [4.78, 5) is 25.5. The molecule has 0 radical (unpaired) electrons. The van der Waals surface area contributed by atoms with Crippen molar-refractivity contribution < 1.29 is 14.3 Å². The normalized spacial score (nSPS) is 21.6. The number of rotatable bonds is 4. The maximum Gasteiger partial charge on any atom is 0.407 e. The summed E-state index contributed by atoms with van der Waals surface area (Å²) in [6.07, 6.45) is 0.789. The van der Waals surface area contributed by atoms with E-state index in [1.54, 1.807) is 11.8 Å². The Balaban J connectivity index is 2.66. The molecule has 2 amide bonds. The lowest BCUT2D eigenvalue weighted by Gasteiger charge is -2.30. The zero-order valence-electron chi connectivity index (χ0n) is 11.6. The standard InChI is InChI=1S/C12H21N3O3S/c1-4-12(2,9(13)19)10(16)15-6-5-8(7-15)14-11(17)18-3/h8H,4-7H2,1-3H3,(H2,13,19)(H,14,17). The average molecular weight is 287 g/mol. The highest BCUT2D eigenvalue weighted by Crippen LogP contribution is 2.26. The first kappa shape index (κ1) is 15.7. The fourth-order valence-corrected chi connectivity index (χ4v) is 2.30. The lowest BCUT2D eigenvalue weighted by molar-refractivity contribution is -0.136. The average Bonchev–Trinajstić information content (AvgIpc) is 2.84. The number of nitrogens with zero attached hydrogens (tertiary/aromatic N) is 1. The van der Waals surface area contributed by atoms with E-state index in [0.29, 0.717) is 25.9 Å². The topological polar surface area (TPSA) is 84.7 Å². The molecule has 1 saturated heterocycles. The smallest absolute Gasteiger partial charge is 0.407 e. The molecule has 19 heavy (non-hydrogen) atoms. The highest BCUT2D eigenvalue weighted by Gasteiger charge is 2.40. The largest absolute Gasteiger partial charge is 0.453 e. The van der Waals surface area contributed by atoms with Crippen LogP contribution in [0.15, 0.2) is 0 Å². The summed E-state index contributed by atoms with van der Waals surface area (Å²) in [5, 5.41) is 2.69. The second kappa shape index (κ2) is 6.18. The first-order valence-corrected chi connectivity index (χ1v) is 6.69.